The van der Waals surface area contributed by atoms with Gasteiger partial charge in [-0.25, -0.2) is 0 Å². The minimum Gasteiger partial charge on any atom is -0.507 e. The van der Waals surface area contributed by atoms with Gasteiger partial charge in [-0.1, -0.05) is 12.1 Å². The van der Waals surface area contributed by atoms with Crippen molar-refractivity contribution in [2.75, 3.05) is 5.32 Å². The van der Waals surface area contributed by atoms with Crippen LogP contribution in [0.4, 0.5) is 5.69 Å². The Kier molecular flexibility index (Phi) is 1.59. The molecule has 2 rings (SSSR count). The van der Waals surface area contributed by atoms with Crippen LogP contribution in [0.15, 0.2) is 42.6 Å². The molecule has 0 radical (unpaired) electrons. The summed E-state index contributed by atoms with van der Waals surface area (Å²) in [5, 5.41) is 12.6. The van der Waals surface area contributed by atoms with Crippen molar-refractivity contribution < 1.29 is 5.11 Å². The van der Waals surface area contributed by atoms with Crippen LogP contribution in [0, 0.1) is 0 Å². The molecule has 1 aromatic carbocycles. The van der Waals surface area contributed by atoms with E-state index in [2.05, 4.69) is 5.32 Å². The highest BCUT2D eigenvalue weighted by Gasteiger charge is 2.04. The number of allylic oxidation sites excluding steroid dienone is 2. The first-order valence-electron chi connectivity index (χ1n) is 3.79. The molecule has 0 aromatic heterocycles. The van der Waals surface area contributed by atoms with Gasteiger partial charge < -0.3 is 10.4 Å². The molecule has 0 fully saturated rings. The lowest BCUT2D eigenvalue weighted by molar-refractivity contribution is 0.512. The maximum atomic E-state index is 9.51. The molecule has 1 heterocycles. The van der Waals surface area contributed by atoms with Crippen LogP contribution in [0.2, 0.25) is 0 Å². The van der Waals surface area contributed by atoms with Crippen molar-refractivity contribution >= 4 is 11.4 Å². The Morgan fingerprint density at radius 3 is 2.92 bits per heavy atom. The van der Waals surface area contributed by atoms with Gasteiger partial charge in [-0.2, -0.15) is 0 Å². The third-order valence-electron chi connectivity index (χ3n) is 1.79. The van der Waals surface area contributed by atoms with Crippen molar-refractivity contribution in [1.82, 2.24) is 0 Å². The Balaban J connectivity index is 2.58. The first kappa shape index (κ1) is 6.98. The first-order valence-corrected chi connectivity index (χ1v) is 3.79. The van der Waals surface area contributed by atoms with Crippen LogP contribution in [-0.4, -0.2) is 5.11 Å². The molecule has 1 aliphatic heterocycles. The summed E-state index contributed by atoms with van der Waals surface area (Å²) in [6.07, 6.45) is 5.23. The standard InChI is InChI=1S/C10H9NO/c12-10-6-3-7-11-9-5-2-1-4-8(9)10/h1-7,11-12H. The van der Waals surface area contributed by atoms with E-state index in [0.717, 1.165) is 11.3 Å². The predicted octanol–water partition coefficient (Wildman–Crippen LogP) is 2.52. The average Bonchev–Trinajstić information content (AvgIpc) is 2.29. The number of rotatable bonds is 0. The van der Waals surface area contributed by atoms with Crippen molar-refractivity contribution in [2.45, 2.75) is 0 Å². The lowest BCUT2D eigenvalue weighted by Crippen LogP contribution is -1.90. The van der Waals surface area contributed by atoms with Gasteiger partial charge in [0.1, 0.15) is 5.76 Å². The topological polar surface area (TPSA) is 32.3 Å². The molecule has 0 bridgehead atoms. The molecule has 2 nitrogen and oxygen atoms in total. The summed E-state index contributed by atoms with van der Waals surface area (Å²) in [6.45, 7) is 0. The van der Waals surface area contributed by atoms with Crippen LogP contribution in [0.5, 0.6) is 0 Å². The Labute approximate surface area is 70.9 Å². The van der Waals surface area contributed by atoms with E-state index < -0.39 is 0 Å². The number of benzene rings is 1. The van der Waals surface area contributed by atoms with Gasteiger partial charge in [0, 0.05) is 17.5 Å². The summed E-state index contributed by atoms with van der Waals surface area (Å²) >= 11 is 0. The molecule has 2 heteroatoms. The Hall–Kier alpha value is -1.70. The molecule has 0 amide bonds. The zero-order chi connectivity index (χ0) is 8.39. The number of nitrogens with one attached hydrogen (secondary N) is 1. The number of hydrogen-bond donors (Lipinski definition) is 2. The second-order valence-electron chi connectivity index (χ2n) is 2.60. The normalized spacial score (nSPS) is 14.2. The number of para-hydroxylation sites is 1. The van der Waals surface area contributed by atoms with E-state index in [0.29, 0.717) is 5.76 Å². The van der Waals surface area contributed by atoms with Gasteiger partial charge >= 0.3 is 0 Å². The molecule has 2 N–H and O–H groups in total. The van der Waals surface area contributed by atoms with Crippen molar-refractivity contribution in [1.29, 1.82) is 0 Å². The molecule has 0 aliphatic carbocycles. The smallest absolute Gasteiger partial charge is 0.124 e. The summed E-state index contributed by atoms with van der Waals surface area (Å²) in [5.41, 5.74) is 1.77. The quantitative estimate of drug-likeness (QED) is 0.609. The van der Waals surface area contributed by atoms with Gasteiger partial charge in [0.05, 0.1) is 0 Å². The van der Waals surface area contributed by atoms with E-state index >= 15 is 0 Å². The molecule has 60 valence electrons. The molecular weight excluding hydrogens is 150 g/mol. The third kappa shape index (κ3) is 1.07. The van der Waals surface area contributed by atoms with E-state index in [-0.39, 0.29) is 0 Å². The molecule has 0 spiro atoms. The third-order valence-corrected chi connectivity index (χ3v) is 1.79. The summed E-state index contributed by atoms with van der Waals surface area (Å²) in [6, 6.07) is 7.63. The molecular formula is C10H9NO. The number of fused-ring (bicyclic) bond motifs is 1. The van der Waals surface area contributed by atoms with E-state index in [1.54, 1.807) is 18.4 Å². The van der Waals surface area contributed by atoms with Crippen LogP contribution in [-0.2, 0) is 0 Å². The molecule has 0 atom stereocenters. The maximum Gasteiger partial charge on any atom is 0.124 e. The summed E-state index contributed by atoms with van der Waals surface area (Å²) in [4.78, 5) is 0. The van der Waals surface area contributed by atoms with E-state index in [9.17, 15) is 5.11 Å². The number of anilines is 1. The number of hydrogen-bond acceptors (Lipinski definition) is 2. The average molecular weight is 159 g/mol. The maximum absolute atomic E-state index is 9.51. The zero-order valence-electron chi connectivity index (χ0n) is 6.49. The minimum atomic E-state index is 0.298. The Morgan fingerprint density at radius 1 is 1.17 bits per heavy atom. The summed E-state index contributed by atoms with van der Waals surface area (Å²) in [7, 11) is 0. The second-order valence-corrected chi connectivity index (χ2v) is 2.60. The van der Waals surface area contributed by atoms with E-state index in [1.807, 2.05) is 24.3 Å². The molecule has 0 saturated heterocycles. The van der Waals surface area contributed by atoms with Gasteiger partial charge in [-0.15, -0.1) is 0 Å². The Morgan fingerprint density at radius 2 is 2.00 bits per heavy atom. The van der Waals surface area contributed by atoms with Crippen LogP contribution >= 0.6 is 0 Å². The largest absolute Gasteiger partial charge is 0.507 e. The minimum absolute atomic E-state index is 0.298. The number of aliphatic hydroxyl groups excluding tert-OH is 1. The molecule has 0 unspecified atom stereocenters. The lowest BCUT2D eigenvalue weighted by atomic mass is 10.1. The van der Waals surface area contributed by atoms with Crippen LogP contribution in [0.3, 0.4) is 0 Å². The summed E-state index contributed by atoms with van der Waals surface area (Å²) in [5.74, 6) is 0.298. The van der Waals surface area contributed by atoms with Gasteiger partial charge in [-0.05, 0) is 24.3 Å². The molecule has 1 aromatic rings. The second kappa shape index (κ2) is 2.74. The van der Waals surface area contributed by atoms with E-state index in [1.165, 1.54) is 0 Å². The van der Waals surface area contributed by atoms with Crippen LogP contribution in [0.25, 0.3) is 5.76 Å². The van der Waals surface area contributed by atoms with Gasteiger partial charge in [-0.3, -0.25) is 0 Å². The summed E-state index contributed by atoms with van der Waals surface area (Å²) < 4.78 is 0. The number of aliphatic hydroxyl groups is 1. The van der Waals surface area contributed by atoms with Crippen molar-refractivity contribution in [3.8, 4) is 0 Å². The van der Waals surface area contributed by atoms with Crippen LogP contribution < -0.4 is 5.32 Å². The SMILES string of the molecule is OC1=CC=CNc2ccccc21. The van der Waals surface area contributed by atoms with Crippen LogP contribution in [0.1, 0.15) is 5.56 Å². The van der Waals surface area contributed by atoms with E-state index in [4.69, 9.17) is 0 Å². The fourth-order valence-electron chi connectivity index (χ4n) is 1.20. The fraction of sp³-hybridized carbons (Fsp3) is 0. The van der Waals surface area contributed by atoms with Crippen molar-refractivity contribution in [3.63, 3.8) is 0 Å². The highest BCUT2D eigenvalue weighted by Crippen LogP contribution is 2.23. The lowest BCUT2D eigenvalue weighted by Gasteiger charge is -2.05. The Bertz CT molecular complexity index is 353. The predicted molar refractivity (Wildman–Crippen MR) is 49.8 cm³/mol. The molecule has 1 aliphatic rings. The van der Waals surface area contributed by atoms with Gasteiger partial charge in [0.15, 0.2) is 0 Å². The van der Waals surface area contributed by atoms with Gasteiger partial charge in [0.25, 0.3) is 0 Å². The fourth-order valence-corrected chi connectivity index (χ4v) is 1.20. The molecule has 0 saturated carbocycles. The van der Waals surface area contributed by atoms with Crippen molar-refractivity contribution in [3.05, 3.63) is 48.2 Å². The molecule has 12 heavy (non-hydrogen) atoms. The zero-order valence-corrected chi connectivity index (χ0v) is 6.49. The van der Waals surface area contributed by atoms with Crippen molar-refractivity contribution in [2.24, 2.45) is 0 Å². The highest BCUT2D eigenvalue weighted by molar-refractivity contribution is 5.74. The van der Waals surface area contributed by atoms with Gasteiger partial charge in [0.2, 0.25) is 0 Å². The highest BCUT2D eigenvalue weighted by atomic mass is 16.3. The first-order chi connectivity index (χ1) is 5.88. The monoisotopic (exact) mass is 159 g/mol.